The molecule has 1 saturated carbocycles. The summed E-state index contributed by atoms with van der Waals surface area (Å²) in [7, 11) is 2.22. The number of nitrogens with zero attached hydrogens (tertiary/aromatic N) is 1. The zero-order valence-electron chi connectivity index (χ0n) is 13.1. The van der Waals surface area contributed by atoms with E-state index in [9.17, 15) is 0 Å². The Morgan fingerprint density at radius 1 is 1.35 bits per heavy atom. The van der Waals surface area contributed by atoms with Gasteiger partial charge in [-0.15, -0.1) is 0 Å². The molecular formula is C17H28N2O. The van der Waals surface area contributed by atoms with Crippen molar-refractivity contribution in [1.29, 1.82) is 0 Å². The van der Waals surface area contributed by atoms with Crippen molar-refractivity contribution in [3.63, 3.8) is 0 Å². The zero-order valence-corrected chi connectivity index (χ0v) is 13.1. The number of furan rings is 1. The molecule has 0 amide bonds. The number of nitrogens with one attached hydrogen (secondary N) is 1. The van der Waals surface area contributed by atoms with Gasteiger partial charge in [-0.1, -0.05) is 13.8 Å². The van der Waals surface area contributed by atoms with Crippen LogP contribution in [-0.4, -0.2) is 31.6 Å². The average molecular weight is 276 g/mol. The molecule has 3 heteroatoms. The fourth-order valence-electron chi connectivity index (χ4n) is 3.23. The van der Waals surface area contributed by atoms with Gasteiger partial charge in [-0.05, 0) is 62.9 Å². The van der Waals surface area contributed by atoms with Crippen LogP contribution in [0.15, 0.2) is 16.5 Å². The van der Waals surface area contributed by atoms with Crippen molar-refractivity contribution in [2.24, 2.45) is 11.3 Å². The Morgan fingerprint density at radius 3 is 2.70 bits per heavy atom. The Labute approximate surface area is 122 Å². The van der Waals surface area contributed by atoms with Crippen molar-refractivity contribution < 1.29 is 4.42 Å². The average Bonchev–Trinajstić information content (AvgIpc) is 2.97. The fraction of sp³-hybridized carbons (Fsp3) is 0.765. The first-order valence-electron chi connectivity index (χ1n) is 8.04. The summed E-state index contributed by atoms with van der Waals surface area (Å²) in [6.07, 6.45) is 3.88. The van der Waals surface area contributed by atoms with Crippen LogP contribution in [0.1, 0.15) is 50.5 Å². The summed E-state index contributed by atoms with van der Waals surface area (Å²) in [5, 5.41) is 3.60. The summed E-state index contributed by atoms with van der Waals surface area (Å²) >= 11 is 0. The molecule has 1 aliphatic heterocycles. The van der Waals surface area contributed by atoms with Crippen LogP contribution in [-0.2, 0) is 6.54 Å². The molecule has 2 fully saturated rings. The van der Waals surface area contributed by atoms with E-state index in [1.165, 1.54) is 38.1 Å². The highest BCUT2D eigenvalue weighted by atomic mass is 16.3. The van der Waals surface area contributed by atoms with Gasteiger partial charge in [-0.25, -0.2) is 0 Å². The quantitative estimate of drug-likeness (QED) is 0.895. The lowest BCUT2D eigenvalue weighted by atomic mass is 9.80. The summed E-state index contributed by atoms with van der Waals surface area (Å²) in [5.41, 5.74) is 0.451. The van der Waals surface area contributed by atoms with E-state index in [1.807, 2.05) is 0 Å². The molecule has 20 heavy (non-hydrogen) atoms. The Balaban J connectivity index is 1.44. The molecule has 3 nitrogen and oxygen atoms in total. The molecule has 2 aliphatic rings. The van der Waals surface area contributed by atoms with E-state index in [0.717, 1.165) is 24.8 Å². The van der Waals surface area contributed by atoms with Crippen LogP contribution in [0.2, 0.25) is 0 Å². The minimum Gasteiger partial charge on any atom is -0.464 e. The van der Waals surface area contributed by atoms with Crippen LogP contribution in [0.25, 0.3) is 0 Å². The summed E-state index contributed by atoms with van der Waals surface area (Å²) < 4.78 is 5.95. The predicted octanol–water partition coefficient (Wildman–Crippen LogP) is 3.22. The van der Waals surface area contributed by atoms with E-state index in [2.05, 4.69) is 43.2 Å². The molecule has 0 radical (unpaired) electrons. The zero-order chi connectivity index (χ0) is 14.2. The Hall–Kier alpha value is -0.800. The molecule has 1 aromatic rings. The lowest BCUT2D eigenvalue weighted by Gasteiger charge is -2.38. The molecule has 1 saturated heterocycles. The second-order valence-corrected chi connectivity index (χ2v) is 7.34. The number of rotatable bonds is 5. The SMILES string of the molecule is CC1CC1c1ccc(CNCC2(C)CCN(C)CC2)o1. The monoisotopic (exact) mass is 276 g/mol. The van der Waals surface area contributed by atoms with Crippen molar-refractivity contribution in [2.75, 3.05) is 26.7 Å². The summed E-state index contributed by atoms with van der Waals surface area (Å²) in [5.74, 6) is 3.80. The third kappa shape index (κ3) is 3.26. The minimum atomic E-state index is 0.451. The third-order valence-corrected chi connectivity index (χ3v) is 5.20. The summed E-state index contributed by atoms with van der Waals surface area (Å²) in [4.78, 5) is 2.43. The van der Waals surface area contributed by atoms with Gasteiger partial charge in [0.2, 0.25) is 0 Å². The third-order valence-electron chi connectivity index (χ3n) is 5.20. The minimum absolute atomic E-state index is 0.451. The Bertz CT molecular complexity index is 446. The van der Waals surface area contributed by atoms with Gasteiger partial charge in [-0.3, -0.25) is 0 Å². The molecule has 1 N–H and O–H groups in total. The lowest BCUT2D eigenvalue weighted by molar-refractivity contribution is 0.136. The highest BCUT2D eigenvalue weighted by Crippen LogP contribution is 2.47. The molecule has 0 aromatic carbocycles. The van der Waals surface area contributed by atoms with E-state index in [0.29, 0.717) is 11.3 Å². The maximum Gasteiger partial charge on any atom is 0.117 e. The molecule has 0 bridgehead atoms. The molecule has 2 atom stereocenters. The van der Waals surface area contributed by atoms with Crippen molar-refractivity contribution in [2.45, 2.75) is 45.6 Å². The van der Waals surface area contributed by atoms with Crippen LogP contribution in [0.4, 0.5) is 0 Å². The molecule has 3 rings (SSSR count). The normalized spacial score (nSPS) is 29.6. The smallest absolute Gasteiger partial charge is 0.117 e. The van der Waals surface area contributed by atoms with Crippen molar-refractivity contribution in [1.82, 2.24) is 10.2 Å². The highest BCUT2D eigenvalue weighted by Gasteiger charge is 2.36. The van der Waals surface area contributed by atoms with Gasteiger partial charge in [0.05, 0.1) is 6.54 Å². The number of likely N-dealkylation sites (tertiary alicyclic amines) is 1. The standard InChI is InChI=1S/C17H28N2O/c1-13-10-15(13)16-5-4-14(20-16)11-18-12-17(2)6-8-19(3)9-7-17/h4-5,13,15,18H,6-12H2,1-3H3. The highest BCUT2D eigenvalue weighted by molar-refractivity contribution is 5.17. The molecule has 0 spiro atoms. The van der Waals surface area contributed by atoms with Gasteiger partial charge in [0.25, 0.3) is 0 Å². The number of hydrogen-bond acceptors (Lipinski definition) is 3. The van der Waals surface area contributed by atoms with Crippen molar-refractivity contribution in [3.8, 4) is 0 Å². The second kappa shape index (κ2) is 5.53. The van der Waals surface area contributed by atoms with Crippen LogP contribution >= 0.6 is 0 Å². The first-order chi connectivity index (χ1) is 9.56. The van der Waals surface area contributed by atoms with Crippen LogP contribution in [0, 0.1) is 11.3 Å². The first kappa shape index (κ1) is 14.2. The van der Waals surface area contributed by atoms with E-state index in [1.54, 1.807) is 0 Å². The van der Waals surface area contributed by atoms with Crippen LogP contribution in [0.5, 0.6) is 0 Å². The van der Waals surface area contributed by atoms with Crippen molar-refractivity contribution >= 4 is 0 Å². The Morgan fingerprint density at radius 2 is 2.05 bits per heavy atom. The molecule has 2 unspecified atom stereocenters. The van der Waals surface area contributed by atoms with E-state index >= 15 is 0 Å². The van der Waals surface area contributed by atoms with Gasteiger partial charge in [0.15, 0.2) is 0 Å². The fourth-order valence-corrected chi connectivity index (χ4v) is 3.23. The topological polar surface area (TPSA) is 28.4 Å². The molecular weight excluding hydrogens is 248 g/mol. The number of hydrogen-bond donors (Lipinski definition) is 1. The predicted molar refractivity (Wildman–Crippen MR) is 81.8 cm³/mol. The van der Waals surface area contributed by atoms with Crippen LogP contribution in [0.3, 0.4) is 0 Å². The molecule has 1 aromatic heterocycles. The van der Waals surface area contributed by atoms with Gasteiger partial charge < -0.3 is 14.6 Å². The van der Waals surface area contributed by atoms with E-state index in [-0.39, 0.29) is 0 Å². The second-order valence-electron chi connectivity index (χ2n) is 7.34. The van der Waals surface area contributed by atoms with E-state index < -0.39 is 0 Å². The largest absolute Gasteiger partial charge is 0.464 e. The van der Waals surface area contributed by atoms with Gasteiger partial charge in [-0.2, -0.15) is 0 Å². The van der Waals surface area contributed by atoms with Gasteiger partial charge in [0, 0.05) is 12.5 Å². The van der Waals surface area contributed by atoms with Gasteiger partial charge >= 0.3 is 0 Å². The maximum absolute atomic E-state index is 5.95. The molecule has 1 aliphatic carbocycles. The molecule has 112 valence electrons. The summed E-state index contributed by atoms with van der Waals surface area (Å²) in [6.45, 7) is 9.12. The van der Waals surface area contributed by atoms with E-state index in [4.69, 9.17) is 4.42 Å². The molecule has 2 heterocycles. The Kier molecular flexibility index (Phi) is 3.91. The lowest BCUT2D eigenvalue weighted by Crippen LogP contribution is -2.41. The van der Waals surface area contributed by atoms with Gasteiger partial charge in [0.1, 0.15) is 11.5 Å². The number of piperidine rings is 1. The first-order valence-corrected chi connectivity index (χ1v) is 8.04. The maximum atomic E-state index is 5.95. The van der Waals surface area contributed by atoms with Crippen LogP contribution < -0.4 is 5.32 Å². The van der Waals surface area contributed by atoms with Crippen molar-refractivity contribution in [3.05, 3.63) is 23.7 Å². The summed E-state index contributed by atoms with van der Waals surface area (Å²) in [6, 6.07) is 4.31.